The van der Waals surface area contributed by atoms with E-state index in [2.05, 4.69) is 14.9 Å². The lowest BCUT2D eigenvalue weighted by atomic mass is 10.1. The number of para-hydroxylation sites is 1. The van der Waals surface area contributed by atoms with Gasteiger partial charge in [-0.15, -0.1) is 0 Å². The van der Waals surface area contributed by atoms with E-state index in [0.29, 0.717) is 43.4 Å². The fraction of sp³-hybridized carbons (Fsp3) is 0.368. The van der Waals surface area contributed by atoms with E-state index in [1.165, 1.54) is 0 Å². The molecule has 2 fully saturated rings. The van der Waals surface area contributed by atoms with Crippen molar-refractivity contribution in [2.24, 2.45) is 5.92 Å². The molecule has 2 saturated heterocycles. The molecule has 1 atom stereocenters. The molecule has 0 radical (unpaired) electrons. The number of carbonyl (C=O) groups excluding carboxylic acids is 2. The monoisotopic (exact) mass is 385 g/mol. The van der Waals surface area contributed by atoms with E-state index in [4.69, 9.17) is 11.6 Å². The van der Waals surface area contributed by atoms with Crippen molar-refractivity contribution < 1.29 is 9.59 Å². The number of carbonyl (C=O) groups is 2. The Hall–Kier alpha value is -2.67. The summed E-state index contributed by atoms with van der Waals surface area (Å²) in [4.78, 5) is 39.3. The molecule has 4 rings (SSSR count). The number of piperazine rings is 1. The predicted molar refractivity (Wildman–Crippen MR) is 103 cm³/mol. The average Bonchev–Trinajstić information content (AvgIpc) is 3.10. The number of nitrogens with zero attached hydrogens (tertiary/aromatic N) is 5. The van der Waals surface area contributed by atoms with Crippen LogP contribution in [0.3, 0.4) is 0 Å². The van der Waals surface area contributed by atoms with Crippen LogP contribution in [-0.2, 0) is 9.59 Å². The third-order valence-corrected chi connectivity index (χ3v) is 5.40. The number of rotatable bonds is 3. The smallest absolute Gasteiger partial charge is 0.228 e. The minimum absolute atomic E-state index is 0.0386. The first kappa shape index (κ1) is 17.7. The zero-order valence-electron chi connectivity index (χ0n) is 14.8. The van der Waals surface area contributed by atoms with Gasteiger partial charge in [0, 0.05) is 51.5 Å². The lowest BCUT2D eigenvalue weighted by Gasteiger charge is -2.36. The van der Waals surface area contributed by atoms with Gasteiger partial charge in [0.05, 0.1) is 22.8 Å². The molecule has 0 saturated carbocycles. The van der Waals surface area contributed by atoms with E-state index in [1.54, 1.807) is 29.6 Å². The van der Waals surface area contributed by atoms with Crippen molar-refractivity contribution in [3.05, 3.63) is 47.9 Å². The van der Waals surface area contributed by atoms with E-state index >= 15 is 0 Å². The third kappa shape index (κ3) is 3.60. The fourth-order valence-electron chi connectivity index (χ4n) is 3.65. The number of benzene rings is 1. The quantitative estimate of drug-likeness (QED) is 0.806. The van der Waals surface area contributed by atoms with Crippen LogP contribution in [0.4, 0.5) is 11.5 Å². The molecule has 8 heteroatoms. The first-order valence-electron chi connectivity index (χ1n) is 8.98. The van der Waals surface area contributed by atoms with Gasteiger partial charge in [0.2, 0.25) is 11.8 Å². The van der Waals surface area contributed by atoms with E-state index in [-0.39, 0.29) is 24.2 Å². The molecule has 2 aliphatic rings. The highest BCUT2D eigenvalue weighted by Crippen LogP contribution is 2.31. The third-order valence-electron chi connectivity index (χ3n) is 5.08. The van der Waals surface area contributed by atoms with Crippen molar-refractivity contribution in [1.82, 2.24) is 14.9 Å². The second kappa shape index (κ2) is 7.52. The molecule has 2 amide bonds. The molecule has 140 valence electrons. The predicted octanol–water partition coefficient (Wildman–Crippen LogP) is 1.83. The largest absolute Gasteiger partial charge is 0.352 e. The number of hydrogen-bond donors (Lipinski definition) is 0. The molecule has 1 unspecified atom stereocenters. The summed E-state index contributed by atoms with van der Waals surface area (Å²) in [6.45, 7) is 3.03. The number of hydrogen-bond acceptors (Lipinski definition) is 5. The maximum Gasteiger partial charge on any atom is 0.228 e. The van der Waals surface area contributed by atoms with E-state index < -0.39 is 0 Å². The Bertz CT molecular complexity index is 839. The maximum atomic E-state index is 12.9. The average molecular weight is 386 g/mol. The van der Waals surface area contributed by atoms with Gasteiger partial charge in [-0.05, 0) is 12.1 Å². The van der Waals surface area contributed by atoms with Gasteiger partial charge in [0.15, 0.2) is 0 Å². The summed E-state index contributed by atoms with van der Waals surface area (Å²) in [5.74, 6) is 0.485. The Morgan fingerprint density at radius 1 is 1.11 bits per heavy atom. The Labute approximate surface area is 162 Å². The fourth-order valence-corrected chi connectivity index (χ4v) is 3.88. The highest BCUT2D eigenvalue weighted by atomic mass is 35.5. The van der Waals surface area contributed by atoms with E-state index in [1.807, 2.05) is 23.1 Å². The molecule has 3 heterocycles. The molecular formula is C19H20ClN5O2. The highest BCUT2D eigenvalue weighted by molar-refractivity contribution is 6.33. The van der Waals surface area contributed by atoms with Gasteiger partial charge < -0.3 is 14.7 Å². The molecule has 0 spiro atoms. The van der Waals surface area contributed by atoms with Gasteiger partial charge in [0.1, 0.15) is 5.82 Å². The van der Waals surface area contributed by atoms with Crippen LogP contribution in [0.5, 0.6) is 0 Å². The van der Waals surface area contributed by atoms with Crippen molar-refractivity contribution >= 4 is 34.9 Å². The number of aromatic nitrogens is 2. The Morgan fingerprint density at radius 2 is 1.89 bits per heavy atom. The standard InChI is InChI=1S/C19H20ClN5O2/c20-15-3-1-2-4-16(15)25-13-14(11-18(25)26)19(27)24-9-7-23(8-10-24)17-12-21-5-6-22-17/h1-6,12,14H,7-11,13H2. The first-order valence-corrected chi connectivity index (χ1v) is 9.36. The van der Waals surface area contributed by atoms with Crippen LogP contribution in [-0.4, -0.2) is 59.4 Å². The van der Waals surface area contributed by atoms with E-state index in [9.17, 15) is 9.59 Å². The van der Waals surface area contributed by atoms with Crippen LogP contribution < -0.4 is 9.80 Å². The number of amides is 2. The van der Waals surface area contributed by atoms with Gasteiger partial charge >= 0.3 is 0 Å². The lowest BCUT2D eigenvalue weighted by Crippen LogP contribution is -2.51. The summed E-state index contributed by atoms with van der Waals surface area (Å²) in [5.41, 5.74) is 0.673. The summed E-state index contributed by atoms with van der Waals surface area (Å²) in [6.07, 6.45) is 5.27. The molecule has 27 heavy (non-hydrogen) atoms. The summed E-state index contributed by atoms with van der Waals surface area (Å²) in [6, 6.07) is 7.23. The van der Waals surface area contributed by atoms with Crippen molar-refractivity contribution in [2.45, 2.75) is 6.42 Å². The maximum absolute atomic E-state index is 12.9. The van der Waals surface area contributed by atoms with Crippen LogP contribution in [0, 0.1) is 5.92 Å². The van der Waals surface area contributed by atoms with Gasteiger partial charge in [0.25, 0.3) is 0 Å². The van der Waals surface area contributed by atoms with Crippen molar-refractivity contribution in [2.75, 3.05) is 42.5 Å². The van der Waals surface area contributed by atoms with Gasteiger partial charge in [-0.1, -0.05) is 23.7 Å². The summed E-state index contributed by atoms with van der Waals surface area (Å²) >= 11 is 6.21. The molecule has 1 aromatic carbocycles. The number of halogens is 1. The minimum Gasteiger partial charge on any atom is -0.352 e. The lowest BCUT2D eigenvalue weighted by molar-refractivity contribution is -0.136. The van der Waals surface area contributed by atoms with Crippen LogP contribution >= 0.6 is 11.6 Å². The SMILES string of the molecule is O=C(C1CC(=O)N(c2ccccc2Cl)C1)N1CCN(c2cnccn2)CC1. The summed E-state index contributed by atoms with van der Waals surface area (Å²) in [5, 5.41) is 0.525. The normalized spacial score (nSPS) is 20.3. The van der Waals surface area contributed by atoms with Crippen molar-refractivity contribution in [1.29, 1.82) is 0 Å². The van der Waals surface area contributed by atoms with Crippen LogP contribution in [0.25, 0.3) is 0 Å². The molecule has 2 aliphatic heterocycles. The molecule has 2 aromatic rings. The topological polar surface area (TPSA) is 69.6 Å². The van der Waals surface area contributed by atoms with Crippen LogP contribution in [0.1, 0.15) is 6.42 Å². The summed E-state index contributed by atoms with van der Waals surface area (Å²) in [7, 11) is 0. The second-order valence-corrected chi connectivity index (χ2v) is 7.14. The van der Waals surface area contributed by atoms with Crippen LogP contribution in [0.15, 0.2) is 42.9 Å². The zero-order valence-corrected chi connectivity index (χ0v) is 15.5. The van der Waals surface area contributed by atoms with Crippen molar-refractivity contribution in [3.8, 4) is 0 Å². The minimum atomic E-state index is -0.322. The molecule has 0 aliphatic carbocycles. The van der Waals surface area contributed by atoms with Gasteiger partial charge in [-0.3, -0.25) is 14.6 Å². The van der Waals surface area contributed by atoms with Gasteiger partial charge in [-0.2, -0.15) is 0 Å². The molecule has 1 aromatic heterocycles. The molecule has 7 nitrogen and oxygen atoms in total. The summed E-state index contributed by atoms with van der Waals surface area (Å²) < 4.78 is 0. The van der Waals surface area contributed by atoms with Crippen LogP contribution in [0.2, 0.25) is 5.02 Å². The second-order valence-electron chi connectivity index (χ2n) is 6.73. The van der Waals surface area contributed by atoms with Crippen molar-refractivity contribution in [3.63, 3.8) is 0 Å². The number of anilines is 2. The Balaban J connectivity index is 1.38. The molecular weight excluding hydrogens is 366 g/mol. The molecule has 0 bridgehead atoms. The molecule has 0 N–H and O–H groups in total. The Kier molecular flexibility index (Phi) is 4.94. The van der Waals surface area contributed by atoms with E-state index in [0.717, 1.165) is 5.82 Å². The first-order chi connectivity index (χ1) is 13.1. The zero-order chi connectivity index (χ0) is 18.8. The Morgan fingerprint density at radius 3 is 2.59 bits per heavy atom. The van der Waals surface area contributed by atoms with Gasteiger partial charge in [-0.25, -0.2) is 4.98 Å². The highest BCUT2D eigenvalue weighted by Gasteiger charge is 2.38.